The lowest BCUT2D eigenvalue weighted by atomic mass is 10.0. The normalized spacial score (nSPS) is 17.9. The second kappa shape index (κ2) is 8.35. The molecule has 0 saturated carbocycles. The van der Waals surface area contributed by atoms with Crippen molar-refractivity contribution in [3.05, 3.63) is 20.8 Å². The minimum atomic E-state index is 0.00462. The summed E-state index contributed by atoms with van der Waals surface area (Å²) in [4.78, 5) is 34.6. The number of amides is 1. The summed E-state index contributed by atoms with van der Waals surface area (Å²) in [6.07, 6.45) is 4.39. The fourth-order valence-electron chi connectivity index (χ4n) is 3.81. The zero-order valence-corrected chi connectivity index (χ0v) is 18.5. The summed E-state index contributed by atoms with van der Waals surface area (Å²) in [5.41, 5.74) is 1.03. The van der Waals surface area contributed by atoms with Crippen molar-refractivity contribution in [3.63, 3.8) is 0 Å². The van der Waals surface area contributed by atoms with Crippen molar-refractivity contribution in [2.24, 2.45) is 0 Å². The Morgan fingerprint density at radius 3 is 2.74 bits per heavy atom. The Kier molecular flexibility index (Phi) is 6.31. The Labute approximate surface area is 169 Å². The van der Waals surface area contributed by atoms with Crippen molar-refractivity contribution in [3.8, 4) is 0 Å². The van der Waals surface area contributed by atoms with E-state index >= 15 is 0 Å². The van der Waals surface area contributed by atoms with Gasteiger partial charge in [-0.05, 0) is 58.9 Å². The summed E-state index contributed by atoms with van der Waals surface area (Å²) in [5.74, 6) is 0.500. The van der Waals surface area contributed by atoms with Crippen LogP contribution in [0.2, 0.25) is 0 Å². The predicted octanol–water partition coefficient (Wildman–Crippen LogP) is 4.54. The van der Waals surface area contributed by atoms with Gasteiger partial charge in [0.05, 0.1) is 11.1 Å². The highest BCUT2D eigenvalue weighted by molar-refractivity contribution is 7.99. The first-order chi connectivity index (χ1) is 12.8. The third kappa shape index (κ3) is 3.94. The van der Waals surface area contributed by atoms with E-state index in [2.05, 4.69) is 6.92 Å². The second-order valence-electron chi connectivity index (χ2n) is 7.56. The third-order valence-electron chi connectivity index (χ3n) is 5.46. The molecule has 148 valence electrons. The number of carbonyl (C=O) groups excluding carboxylic acids is 1. The number of likely N-dealkylation sites (tertiary alicyclic amines) is 1. The van der Waals surface area contributed by atoms with Gasteiger partial charge >= 0.3 is 0 Å². The van der Waals surface area contributed by atoms with Crippen LogP contribution in [0.5, 0.6) is 0 Å². The van der Waals surface area contributed by atoms with Gasteiger partial charge in [0.15, 0.2) is 5.16 Å². The number of nitrogens with zero attached hydrogens (tertiary/aromatic N) is 3. The Balaban J connectivity index is 1.89. The zero-order valence-electron chi connectivity index (χ0n) is 16.9. The van der Waals surface area contributed by atoms with E-state index < -0.39 is 0 Å². The lowest BCUT2D eigenvalue weighted by molar-refractivity contribution is -0.132. The van der Waals surface area contributed by atoms with Gasteiger partial charge in [-0.2, -0.15) is 0 Å². The number of thiophene rings is 1. The molecule has 3 rings (SSSR count). The monoisotopic (exact) mass is 407 g/mol. The molecule has 27 heavy (non-hydrogen) atoms. The molecule has 0 radical (unpaired) electrons. The van der Waals surface area contributed by atoms with Crippen molar-refractivity contribution < 1.29 is 4.79 Å². The number of aromatic nitrogens is 2. The molecule has 1 unspecified atom stereocenters. The van der Waals surface area contributed by atoms with E-state index in [0.717, 1.165) is 46.5 Å². The van der Waals surface area contributed by atoms with Gasteiger partial charge in [-0.15, -0.1) is 11.3 Å². The van der Waals surface area contributed by atoms with Crippen LogP contribution in [-0.4, -0.2) is 38.7 Å². The molecule has 1 aliphatic heterocycles. The SMILES string of the molecule is CCC1CCCCN1C(=O)CSc1nc2sc(C)c(C)c2c(=O)n1C(C)C. The van der Waals surface area contributed by atoms with Gasteiger partial charge in [0.25, 0.3) is 5.56 Å². The molecule has 0 bridgehead atoms. The molecule has 5 nitrogen and oxygen atoms in total. The molecule has 1 saturated heterocycles. The lowest BCUT2D eigenvalue weighted by Crippen LogP contribution is -2.44. The van der Waals surface area contributed by atoms with E-state index in [1.54, 1.807) is 15.9 Å². The number of thioether (sulfide) groups is 1. The largest absolute Gasteiger partial charge is 0.339 e. The van der Waals surface area contributed by atoms with Crippen molar-refractivity contribution in [2.75, 3.05) is 12.3 Å². The lowest BCUT2D eigenvalue weighted by Gasteiger charge is -2.35. The highest BCUT2D eigenvalue weighted by Gasteiger charge is 2.26. The van der Waals surface area contributed by atoms with Crippen LogP contribution in [0.4, 0.5) is 0 Å². The molecule has 0 N–H and O–H groups in total. The van der Waals surface area contributed by atoms with Crippen LogP contribution in [0.1, 0.15) is 62.9 Å². The summed E-state index contributed by atoms with van der Waals surface area (Å²) in [5, 5.41) is 1.38. The molecule has 0 aliphatic carbocycles. The first kappa shape index (κ1) is 20.4. The van der Waals surface area contributed by atoms with Gasteiger partial charge < -0.3 is 4.90 Å². The summed E-state index contributed by atoms with van der Waals surface area (Å²) in [7, 11) is 0. The highest BCUT2D eigenvalue weighted by Crippen LogP contribution is 2.30. The molecule has 2 aromatic heterocycles. The molecule has 0 spiro atoms. The standard InChI is InChI=1S/C20H29N3O2S2/c1-6-15-9-7-8-10-22(15)16(24)11-26-20-21-18-17(13(4)14(5)27-18)19(25)23(20)12(2)3/h12,15H,6-11H2,1-5H3. The zero-order chi connectivity index (χ0) is 19.7. The third-order valence-corrected chi connectivity index (χ3v) is 7.50. The van der Waals surface area contributed by atoms with Crippen LogP contribution in [0, 0.1) is 13.8 Å². The number of aryl methyl sites for hydroxylation is 2. The van der Waals surface area contributed by atoms with Crippen LogP contribution in [0.15, 0.2) is 9.95 Å². The Morgan fingerprint density at radius 1 is 1.33 bits per heavy atom. The Bertz CT molecular complexity index is 901. The molecular weight excluding hydrogens is 378 g/mol. The smallest absolute Gasteiger partial charge is 0.263 e. The highest BCUT2D eigenvalue weighted by atomic mass is 32.2. The van der Waals surface area contributed by atoms with Gasteiger partial charge in [-0.1, -0.05) is 18.7 Å². The van der Waals surface area contributed by atoms with Crippen LogP contribution < -0.4 is 5.56 Å². The number of carbonyl (C=O) groups is 1. The maximum Gasteiger partial charge on any atom is 0.263 e. The van der Waals surface area contributed by atoms with Crippen LogP contribution in [0.3, 0.4) is 0 Å². The van der Waals surface area contributed by atoms with E-state index in [1.165, 1.54) is 18.2 Å². The van der Waals surface area contributed by atoms with Gasteiger partial charge in [0.1, 0.15) is 4.83 Å². The average Bonchev–Trinajstić information content (AvgIpc) is 2.93. The molecule has 0 aromatic carbocycles. The summed E-state index contributed by atoms with van der Waals surface area (Å²) >= 11 is 2.96. The van der Waals surface area contributed by atoms with Gasteiger partial charge in [-0.3, -0.25) is 14.2 Å². The Morgan fingerprint density at radius 2 is 2.07 bits per heavy atom. The van der Waals surface area contributed by atoms with Crippen LogP contribution in [0.25, 0.3) is 10.2 Å². The fraction of sp³-hybridized carbons (Fsp3) is 0.650. The maximum atomic E-state index is 13.1. The summed E-state index contributed by atoms with van der Waals surface area (Å²) in [6.45, 7) is 11.0. The molecule has 3 heterocycles. The molecular formula is C20H29N3O2S2. The molecule has 7 heteroatoms. The Hall–Kier alpha value is -1.34. The minimum absolute atomic E-state index is 0.00462. The molecule has 2 aromatic rings. The summed E-state index contributed by atoms with van der Waals surface area (Å²) in [6, 6.07) is 0.363. The van der Waals surface area contributed by atoms with E-state index in [0.29, 0.717) is 17.0 Å². The number of rotatable bonds is 5. The number of hydrogen-bond donors (Lipinski definition) is 0. The summed E-state index contributed by atoms with van der Waals surface area (Å²) < 4.78 is 1.74. The topological polar surface area (TPSA) is 55.2 Å². The van der Waals surface area contributed by atoms with Crippen molar-refractivity contribution in [1.29, 1.82) is 0 Å². The van der Waals surface area contributed by atoms with Crippen LogP contribution in [-0.2, 0) is 4.79 Å². The predicted molar refractivity (Wildman–Crippen MR) is 114 cm³/mol. The first-order valence-electron chi connectivity index (χ1n) is 9.79. The number of hydrogen-bond acceptors (Lipinski definition) is 5. The first-order valence-corrected chi connectivity index (χ1v) is 11.6. The van der Waals surface area contributed by atoms with Gasteiger partial charge in [0.2, 0.25) is 5.91 Å². The second-order valence-corrected chi connectivity index (χ2v) is 9.71. The molecule has 1 atom stereocenters. The van der Waals surface area contributed by atoms with Crippen molar-refractivity contribution in [1.82, 2.24) is 14.5 Å². The fourth-order valence-corrected chi connectivity index (χ4v) is 5.89. The van der Waals surface area contributed by atoms with Gasteiger partial charge in [-0.25, -0.2) is 4.98 Å². The van der Waals surface area contributed by atoms with E-state index in [-0.39, 0.29) is 17.5 Å². The van der Waals surface area contributed by atoms with Crippen LogP contribution >= 0.6 is 23.1 Å². The molecule has 1 aliphatic rings. The molecule has 1 fully saturated rings. The number of piperidine rings is 1. The molecule has 1 amide bonds. The van der Waals surface area contributed by atoms with E-state index in [4.69, 9.17) is 4.98 Å². The van der Waals surface area contributed by atoms with E-state index in [1.807, 2.05) is 32.6 Å². The quantitative estimate of drug-likeness (QED) is 0.539. The van der Waals surface area contributed by atoms with E-state index in [9.17, 15) is 9.59 Å². The average molecular weight is 408 g/mol. The minimum Gasteiger partial charge on any atom is -0.339 e. The number of fused-ring (bicyclic) bond motifs is 1. The van der Waals surface area contributed by atoms with Gasteiger partial charge in [0, 0.05) is 23.5 Å². The maximum absolute atomic E-state index is 13.1. The van der Waals surface area contributed by atoms with Crippen molar-refractivity contribution in [2.45, 2.75) is 77.5 Å². The van der Waals surface area contributed by atoms with Crippen molar-refractivity contribution >= 4 is 39.2 Å².